The minimum Gasteiger partial charge on any atom is -0.384 e. The Bertz CT molecular complexity index is 598. The summed E-state index contributed by atoms with van der Waals surface area (Å²) >= 11 is 0. The van der Waals surface area contributed by atoms with Crippen LogP contribution in [-0.2, 0) is 9.84 Å². The molecule has 2 rings (SSSR count). The lowest BCUT2D eigenvalue weighted by molar-refractivity contribution is -0.384. The standard InChI is InChI=1S/C12H16N2O4S/c1-9-7-10(14(15)16)4-5-12(9)13-8-11-3-2-6-19(11,17)18/h4-5,7,11,13H,2-3,6,8H2,1H3. The molecule has 0 saturated carbocycles. The number of anilines is 1. The Labute approximate surface area is 111 Å². The highest BCUT2D eigenvalue weighted by Crippen LogP contribution is 2.24. The molecule has 6 nitrogen and oxygen atoms in total. The van der Waals surface area contributed by atoms with Crippen LogP contribution in [0.1, 0.15) is 18.4 Å². The summed E-state index contributed by atoms with van der Waals surface area (Å²) in [7, 11) is -2.96. The lowest BCUT2D eigenvalue weighted by atomic mass is 10.1. The van der Waals surface area contributed by atoms with Crippen LogP contribution in [0.3, 0.4) is 0 Å². The van der Waals surface area contributed by atoms with Crippen molar-refractivity contribution in [2.75, 3.05) is 17.6 Å². The number of non-ortho nitro benzene ring substituents is 1. The minimum absolute atomic E-state index is 0.0385. The number of nitro groups is 1. The highest BCUT2D eigenvalue weighted by atomic mass is 32.2. The van der Waals surface area contributed by atoms with E-state index in [1.807, 2.05) is 0 Å². The van der Waals surface area contributed by atoms with E-state index < -0.39 is 14.8 Å². The van der Waals surface area contributed by atoms with Gasteiger partial charge in [-0.2, -0.15) is 0 Å². The van der Waals surface area contributed by atoms with E-state index in [2.05, 4.69) is 5.32 Å². The molecule has 19 heavy (non-hydrogen) atoms. The highest BCUT2D eigenvalue weighted by Gasteiger charge is 2.30. The van der Waals surface area contributed by atoms with Crippen LogP contribution in [0.2, 0.25) is 0 Å². The monoisotopic (exact) mass is 284 g/mol. The first-order valence-corrected chi connectivity index (χ1v) is 7.82. The molecule has 1 aromatic rings. The van der Waals surface area contributed by atoms with Crippen molar-refractivity contribution >= 4 is 21.2 Å². The Hall–Kier alpha value is -1.63. The molecule has 0 spiro atoms. The number of benzene rings is 1. The molecule has 1 fully saturated rings. The maximum absolute atomic E-state index is 11.7. The van der Waals surface area contributed by atoms with Gasteiger partial charge in [-0.25, -0.2) is 8.42 Å². The largest absolute Gasteiger partial charge is 0.384 e. The fraction of sp³-hybridized carbons (Fsp3) is 0.500. The molecule has 1 N–H and O–H groups in total. The number of aryl methyl sites for hydroxylation is 1. The summed E-state index contributed by atoms with van der Waals surface area (Å²) < 4.78 is 23.4. The second kappa shape index (κ2) is 5.16. The van der Waals surface area contributed by atoms with Gasteiger partial charge in [-0.15, -0.1) is 0 Å². The first kappa shape index (κ1) is 13.8. The van der Waals surface area contributed by atoms with E-state index in [0.29, 0.717) is 19.4 Å². The first-order chi connectivity index (χ1) is 8.90. The third kappa shape index (κ3) is 3.04. The average molecular weight is 284 g/mol. The summed E-state index contributed by atoms with van der Waals surface area (Å²) in [4.78, 5) is 10.2. The molecule has 1 aliphatic rings. The Morgan fingerprint density at radius 1 is 1.47 bits per heavy atom. The molecule has 0 bridgehead atoms. The number of sulfone groups is 1. The molecule has 0 radical (unpaired) electrons. The molecule has 1 atom stereocenters. The summed E-state index contributed by atoms with van der Waals surface area (Å²) in [6.07, 6.45) is 1.40. The topological polar surface area (TPSA) is 89.3 Å². The summed E-state index contributed by atoms with van der Waals surface area (Å²) in [6.45, 7) is 2.12. The molecule has 7 heteroatoms. The van der Waals surface area contributed by atoms with Gasteiger partial charge in [0, 0.05) is 24.4 Å². The molecule has 1 aromatic carbocycles. The quantitative estimate of drug-likeness (QED) is 0.673. The Morgan fingerprint density at radius 2 is 2.21 bits per heavy atom. The van der Waals surface area contributed by atoms with Crippen molar-refractivity contribution in [3.8, 4) is 0 Å². The zero-order valence-corrected chi connectivity index (χ0v) is 11.4. The molecule has 1 unspecified atom stereocenters. The first-order valence-electron chi connectivity index (χ1n) is 6.10. The summed E-state index contributed by atoms with van der Waals surface area (Å²) in [5, 5.41) is 13.4. The van der Waals surface area contributed by atoms with Crippen LogP contribution in [0.4, 0.5) is 11.4 Å². The van der Waals surface area contributed by atoms with E-state index in [1.54, 1.807) is 13.0 Å². The fourth-order valence-electron chi connectivity index (χ4n) is 2.27. The van der Waals surface area contributed by atoms with Gasteiger partial charge in [0.25, 0.3) is 5.69 Å². The zero-order chi connectivity index (χ0) is 14.0. The smallest absolute Gasteiger partial charge is 0.269 e. The third-order valence-electron chi connectivity index (χ3n) is 3.40. The third-order valence-corrected chi connectivity index (χ3v) is 5.68. The van der Waals surface area contributed by atoms with E-state index in [-0.39, 0.29) is 16.7 Å². The van der Waals surface area contributed by atoms with Gasteiger partial charge in [0.2, 0.25) is 0 Å². The maximum Gasteiger partial charge on any atom is 0.269 e. The van der Waals surface area contributed by atoms with Crippen molar-refractivity contribution in [2.45, 2.75) is 25.0 Å². The summed E-state index contributed by atoms with van der Waals surface area (Å²) in [6, 6.07) is 4.51. The minimum atomic E-state index is -2.96. The van der Waals surface area contributed by atoms with Crippen LogP contribution in [0.15, 0.2) is 18.2 Å². The lowest BCUT2D eigenvalue weighted by Crippen LogP contribution is -2.25. The van der Waals surface area contributed by atoms with Crippen LogP contribution in [0.25, 0.3) is 0 Å². The zero-order valence-electron chi connectivity index (χ0n) is 10.6. The van der Waals surface area contributed by atoms with Gasteiger partial charge in [0.1, 0.15) is 0 Å². The Balaban J connectivity index is 2.06. The van der Waals surface area contributed by atoms with E-state index in [1.165, 1.54) is 12.1 Å². The van der Waals surface area contributed by atoms with Crippen molar-refractivity contribution in [3.05, 3.63) is 33.9 Å². The predicted octanol–water partition coefficient (Wildman–Crippen LogP) is 1.89. The van der Waals surface area contributed by atoms with Crippen LogP contribution in [-0.4, -0.2) is 30.9 Å². The van der Waals surface area contributed by atoms with Gasteiger partial charge in [-0.1, -0.05) is 0 Å². The molecule has 1 aliphatic heterocycles. The number of nitrogens with zero attached hydrogens (tertiary/aromatic N) is 1. The van der Waals surface area contributed by atoms with Crippen molar-refractivity contribution in [1.82, 2.24) is 0 Å². The van der Waals surface area contributed by atoms with Gasteiger partial charge in [-0.05, 0) is 31.4 Å². The Morgan fingerprint density at radius 3 is 2.74 bits per heavy atom. The number of hydrogen-bond donors (Lipinski definition) is 1. The van der Waals surface area contributed by atoms with Crippen molar-refractivity contribution in [1.29, 1.82) is 0 Å². The van der Waals surface area contributed by atoms with E-state index in [0.717, 1.165) is 11.3 Å². The number of nitrogens with one attached hydrogen (secondary N) is 1. The Kier molecular flexibility index (Phi) is 3.75. The van der Waals surface area contributed by atoms with E-state index in [9.17, 15) is 18.5 Å². The van der Waals surface area contributed by atoms with Gasteiger partial charge < -0.3 is 5.32 Å². The van der Waals surface area contributed by atoms with Crippen molar-refractivity contribution in [3.63, 3.8) is 0 Å². The molecular formula is C12H16N2O4S. The predicted molar refractivity (Wildman–Crippen MR) is 73.1 cm³/mol. The molecule has 0 aliphatic carbocycles. The van der Waals surface area contributed by atoms with E-state index in [4.69, 9.17) is 0 Å². The van der Waals surface area contributed by atoms with Crippen LogP contribution in [0, 0.1) is 17.0 Å². The average Bonchev–Trinajstić information content (AvgIpc) is 2.66. The SMILES string of the molecule is Cc1cc([N+](=O)[O-])ccc1NCC1CCCS1(=O)=O. The van der Waals surface area contributed by atoms with Gasteiger partial charge in [0.05, 0.1) is 15.9 Å². The normalized spacial score (nSPS) is 21.2. The molecule has 1 heterocycles. The highest BCUT2D eigenvalue weighted by molar-refractivity contribution is 7.92. The van der Waals surface area contributed by atoms with Gasteiger partial charge >= 0.3 is 0 Å². The molecule has 0 amide bonds. The second-order valence-corrected chi connectivity index (χ2v) is 7.17. The van der Waals surface area contributed by atoms with Crippen LogP contribution in [0.5, 0.6) is 0 Å². The van der Waals surface area contributed by atoms with Gasteiger partial charge in [-0.3, -0.25) is 10.1 Å². The lowest BCUT2D eigenvalue weighted by Gasteiger charge is -2.13. The summed E-state index contributed by atoms with van der Waals surface area (Å²) in [5.74, 6) is 0.262. The van der Waals surface area contributed by atoms with Gasteiger partial charge in [0.15, 0.2) is 9.84 Å². The van der Waals surface area contributed by atoms with E-state index >= 15 is 0 Å². The molecule has 1 saturated heterocycles. The second-order valence-electron chi connectivity index (χ2n) is 4.77. The summed E-state index contributed by atoms with van der Waals surface area (Å²) in [5.41, 5.74) is 1.52. The van der Waals surface area contributed by atoms with Crippen LogP contribution >= 0.6 is 0 Å². The molecular weight excluding hydrogens is 268 g/mol. The fourth-order valence-corrected chi connectivity index (χ4v) is 4.04. The number of rotatable bonds is 4. The molecule has 0 aromatic heterocycles. The molecule has 104 valence electrons. The van der Waals surface area contributed by atoms with Crippen molar-refractivity contribution in [2.24, 2.45) is 0 Å². The number of nitro benzene ring substituents is 1. The maximum atomic E-state index is 11.7. The number of hydrogen-bond acceptors (Lipinski definition) is 5. The van der Waals surface area contributed by atoms with Crippen LogP contribution < -0.4 is 5.32 Å². The van der Waals surface area contributed by atoms with Crippen molar-refractivity contribution < 1.29 is 13.3 Å².